The van der Waals surface area contributed by atoms with Crippen LogP contribution < -0.4 is 0 Å². The van der Waals surface area contributed by atoms with Gasteiger partial charge in [0.2, 0.25) is 0 Å². The molecule has 0 bridgehead atoms. The molecule has 0 aromatic carbocycles. The zero-order valence-corrected chi connectivity index (χ0v) is 16.8. The fraction of sp³-hybridized carbons (Fsp3) is 1.00. The standard InChI is InChI=1S/C18H34O10/c1-5-24-10-6-9(21)16(25-11(10)7-19)27-15-12(8-20)26-17(14(23)13(15)22)28-18(2,3)4/h9-17,19-23H,5-8H2,1-4H3. The van der Waals surface area contributed by atoms with Crippen molar-refractivity contribution in [3.8, 4) is 0 Å². The summed E-state index contributed by atoms with van der Waals surface area (Å²) in [5, 5.41) is 50.4. The number of hydrogen-bond donors (Lipinski definition) is 5. The van der Waals surface area contributed by atoms with Crippen molar-refractivity contribution >= 4 is 0 Å². The van der Waals surface area contributed by atoms with E-state index in [4.69, 9.17) is 23.7 Å². The Hall–Kier alpha value is -0.400. The third-order valence-electron chi connectivity index (χ3n) is 4.65. The van der Waals surface area contributed by atoms with Gasteiger partial charge in [-0.1, -0.05) is 0 Å². The minimum absolute atomic E-state index is 0.162. The van der Waals surface area contributed by atoms with E-state index in [0.717, 1.165) is 0 Å². The second-order valence-electron chi connectivity index (χ2n) is 8.06. The Morgan fingerprint density at radius 2 is 1.54 bits per heavy atom. The number of ether oxygens (including phenoxy) is 5. The summed E-state index contributed by atoms with van der Waals surface area (Å²) in [5.74, 6) is 0. The third-order valence-corrected chi connectivity index (χ3v) is 4.65. The molecule has 2 heterocycles. The Labute approximate surface area is 164 Å². The van der Waals surface area contributed by atoms with Crippen molar-refractivity contribution in [2.24, 2.45) is 0 Å². The first-order chi connectivity index (χ1) is 13.1. The zero-order valence-electron chi connectivity index (χ0n) is 16.8. The van der Waals surface area contributed by atoms with Crippen LogP contribution in [0.1, 0.15) is 34.1 Å². The maximum atomic E-state index is 10.5. The van der Waals surface area contributed by atoms with Crippen molar-refractivity contribution in [2.45, 2.75) is 95.0 Å². The molecule has 10 nitrogen and oxygen atoms in total. The predicted octanol–water partition coefficient (Wildman–Crippen LogP) is -1.50. The van der Waals surface area contributed by atoms with Crippen LogP contribution in [0.25, 0.3) is 0 Å². The quantitative estimate of drug-likeness (QED) is 0.336. The lowest BCUT2D eigenvalue weighted by atomic mass is 9.97. The van der Waals surface area contributed by atoms with Gasteiger partial charge in [-0.2, -0.15) is 0 Å². The lowest BCUT2D eigenvalue weighted by molar-refractivity contribution is -0.359. The molecule has 0 amide bonds. The first-order valence-electron chi connectivity index (χ1n) is 9.63. The van der Waals surface area contributed by atoms with E-state index in [2.05, 4.69) is 0 Å². The van der Waals surface area contributed by atoms with Crippen LogP contribution in [0.3, 0.4) is 0 Å². The van der Waals surface area contributed by atoms with E-state index < -0.39 is 67.5 Å². The van der Waals surface area contributed by atoms with Crippen LogP contribution in [0, 0.1) is 0 Å². The molecule has 9 atom stereocenters. The van der Waals surface area contributed by atoms with Crippen molar-refractivity contribution in [2.75, 3.05) is 19.8 Å². The highest BCUT2D eigenvalue weighted by atomic mass is 16.7. The number of hydrogen-bond acceptors (Lipinski definition) is 10. The molecule has 2 aliphatic heterocycles. The SMILES string of the molecule is CCOC1CC(O)C(OC2C(CO)OC(OC(C)(C)C)C(O)C2O)OC1CO. The summed E-state index contributed by atoms with van der Waals surface area (Å²) in [6.45, 7) is 6.64. The highest BCUT2D eigenvalue weighted by Crippen LogP contribution is 2.31. The van der Waals surface area contributed by atoms with Gasteiger partial charge in [0.1, 0.15) is 36.6 Å². The molecule has 0 saturated carbocycles. The minimum Gasteiger partial charge on any atom is -0.394 e. The monoisotopic (exact) mass is 410 g/mol. The van der Waals surface area contributed by atoms with E-state index in [1.54, 1.807) is 27.7 Å². The number of aliphatic hydroxyl groups is 5. The molecule has 5 N–H and O–H groups in total. The summed E-state index contributed by atoms with van der Waals surface area (Å²) in [7, 11) is 0. The molecule has 2 aliphatic rings. The first-order valence-corrected chi connectivity index (χ1v) is 9.63. The maximum absolute atomic E-state index is 10.5. The molecule has 0 aliphatic carbocycles. The van der Waals surface area contributed by atoms with Crippen LogP contribution in [0.5, 0.6) is 0 Å². The lowest BCUT2D eigenvalue weighted by Crippen LogP contribution is -2.63. The first kappa shape index (κ1) is 23.9. The van der Waals surface area contributed by atoms with E-state index in [1.165, 1.54) is 0 Å². The second kappa shape index (κ2) is 10.1. The molecule has 28 heavy (non-hydrogen) atoms. The number of rotatable bonds is 7. The fourth-order valence-corrected chi connectivity index (χ4v) is 3.35. The Balaban J connectivity index is 2.07. The van der Waals surface area contributed by atoms with E-state index in [0.29, 0.717) is 6.61 Å². The molecule has 0 aromatic rings. The van der Waals surface area contributed by atoms with Crippen LogP contribution >= 0.6 is 0 Å². The fourth-order valence-electron chi connectivity index (χ4n) is 3.35. The largest absolute Gasteiger partial charge is 0.394 e. The highest BCUT2D eigenvalue weighted by Gasteiger charge is 2.49. The summed E-state index contributed by atoms with van der Waals surface area (Å²) >= 11 is 0. The Morgan fingerprint density at radius 3 is 2.07 bits per heavy atom. The van der Waals surface area contributed by atoms with Gasteiger partial charge < -0.3 is 49.2 Å². The molecule has 166 valence electrons. The van der Waals surface area contributed by atoms with Gasteiger partial charge in [0.05, 0.1) is 24.9 Å². The summed E-state index contributed by atoms with van der Waals surface area (Å²) in [4.78, 5) is 0. The van der Waals surface area contributed by atoms with Gasteiger partial charge in [-0.3, -0.25) is 0 Å². The van der Waals surface area contributed by atoms with Gasteiger partial charge in [0.25, 0.3) is 0 Å². The lowest BCUT2D eigenvalue weighted by Gasteiger charge is -2.46. The van der Waals surface area contributed by atoms with Crippen molar-refractivity contribution < 1.29 is 49.2 Å². The van der Waals surface area contributed by atoms with Crippen molar-refractivity contribution in [1.29, 1.82) is 0 Å². The average Bonchev–Trinajstić information content (AvgIpc) is 2.62. The molecule has 2 fully saturated rings. The maximum Gasteiger partial charge on any atom is 0.187 e. The van der Waals surface area contributed by atoms with Crippen LogP contribution in [0.2, 0.25) is 0 Å². The molecular formula is C18H34O10. The van der Waals surface area contributed by atoms with E-state index in [1.807, 2.05) is 0 Å². The van der Waals surface area contributed by atoms with E-state index in [9.17, 15) is 25.5 Å². The van der Waals surface area contributed by atoms with Gasteiger partial charge in [0, 0.05) is 13.0 Å². The van der Waals surface area contributed by atoms with Crippen LogP contribution in [-0.4, -0.2) is 106 Å². The van der Waals surface area contributed by atoms with Crippen LogP contribution in [-0.2, 0) is 23.7 Å². The Kier molecular flexibility index (Phi) is 8.59. The smallest absolute Gasteiger partial charge is 0.187 e. The van der Waals surface area contributed by atoms with Crippen LogP contribution in [0.4, 0.5) is 0 Å². The second-order valence-corrected chi connectivity index (χ2v) is 8.06. The van der Waals surface area contributed by atoms with Gasteiger partial charge in [0.15, 0.2) is 12.6 Å². The van der Waals surface area contributed by atoms with Gasteiger partial charge in [-0.05, 0) is 27.7 Å². The minimum atomic E-state index is -1.45. The highest BCUT2D eigenvalue weighted by molar-refractivity contribution is 4.92. The van der Waals surface area contributed by atoms with Crippen LogP contribution in [0.15, 0.2) is 0 Å². The molecule has 0 radical (unpaired) electrons. The van der Waals surface area contributed by atoms with Gasteiger partial charge >= 0.3 is 0 Å². The summed E-state index contributed by atoms with van der Waals surface area (Å²) < 4.78 is 27.9. The van der Waals surface area contributed by atoms with Crippen molar-refractivity contribution in [1.82, 2.24) is 0 Å². The molecule has 10 heteroatoms. The predicted molar refractivity (Wildman–Crippen MR) is 95.3 cm³/mol. The topological polar surface area (TPSA) is 147 Å². The van der Waals surface area contributed by atoms with E-state index >= 15 is 0 Å². The Bertz CT molecular complexity index is 468. The molecule has 2 rings (SSSR count). The molecular weight excluding hydrogens is 376 g/mol. The Morgan fingerprint density at radius 1 is 0.929 bits per heavy atom. The van der Waals surface area contributed by atoms with Gasteiger partial charge in [-0.15, -0.1) is 0 Å². The molecule has 2 saturated heterocycles. The van der Waals surface area contributed by atoms with Crippen molar-refractivity contribution in [3.05, 3.63) is 0 Å². The number of aliphatic hydroxyl groups excluding tert-OH is 5. The zero-order chi connectivity index (χ0) is 21.1. The molecule has 0 aromatic heterocycles. The van der Waals surface area contributed by atoms with Gasteiger partial charge in [-0.25, -0.2) is 0 Å². The third kappa shape index (κ3) is 5.82. The molecule has 9 unspecified atom stereocenters. The van der Waals surface area contributed by atoms with E-state index in [-0.39, 0.29) is 13.0 Å². The normalized spacial score (nSPS) is 42.5. The summed E-state index contributed by atoms with van der Waals surface area (Å²) in [5.41, 5.74) is -0.648. The average molecular weight is 410 g/mol. The van der Waals surface area contributed by atoms with Crippen molar-refractivity contribution in [3.63, 3.8) is 0 Å². The summed E-state index contributed by atoms with van der Waals surface area (Å²) in [6.07, 6.45) is -9.58. The summed E-state index contributed by atoms with van der Waals surface area (Å²) in [6, 6.07) is 0. The molecule has 0 spiro atoms.